The fraction of sp³-hybridized carbons (Fsp3) is 0.300. The van der Waals surface area contributed by atoms with Crippen LogP contribution in [0.2, 0.25) is 0 Å². The van der Waals surface area contributed by atoms with E-state index < -0.39 is 11.7 Å². The van der Waals surface area contributed by atoms with E-state index >= 15 is 0 Å². The number of benzene rings is 1. The van der Waals surface area contributed by atoms with Crippen molar-refractivity contribution < 1.29 is 9.18 Å². The third-order valence-corrected chi connectivity index (χ3v) is 2.39. The van der Waals surface area contributed by atoms with Gasteiger partial charge in [-0.1, -0.05) is 0 Å². The minimum Gasteiger partial charge on any atom is -0.379 e. The maximum absolute atomic E-state index is 12.9. The number of nitrogens with two attached hydrogens (primary N) is 1. The fourth-order valence-corrected chi connectivity index (χ4v) is 1.46. The highest BCUT2D eigenvalue weighted by Gasteiger charge is 2.18. The summed E-state index contributed by atoms with van der Waals surface area (Å²) in [6.45, 7) is 1.69. The topological polar surface area (TPSA) is 67.2 Å². The molecule has 1 heterocycles. The molecule has 1 aliphatic rings. The van der Waals surface area contributed by atoms with Crippen LogP contribution in [0.5, 0.6) is 0 Å². The monoisotopic (exact) mass is 209 g/mol. The number of anilines is 1. The number of hydrogen-bond acceptors (Lipinski definition) is 3. The van der Waals surface area contributed by atoms with Crippen LogP contribution in [0, 0.1) is 5.82 Å². The van der Waals surface area contributed by atoms with Gasteiger partial charge < -0.3 is 16.4 Å². The Balaban J connectivity index is 2.23. The molecule has 0 saturated carbocycles. The first-order valence-electron chi connectivity index (χ1n) is 4.73. The maximum atomic E-state index is 12.9. The van der Waals surface area contributed by atoms with E-state index in [2.05, 4.69) is 10.6 Å². The van der Waals surface area contributed by atoms with Gasteiger partial charge >= 0.3 is 0 Å². The van der Waals surface area contributed by atoms with Gasteiger partial charge in [-0.2, -0.15) is 0 Å². The lowest BCUT2D eigenvalue weighted by Gasteiger charge is -2.29. The van der Waals surface area contributed by atoms with Crippen molar-refractivity contribution in [1.82, 2.24) is 5.32 Å². The normalized spacial score (nSPS) is 15.8. The fourth-order valence-electron chi connectivity index (χ4n) is 1.46. The van der Waals surface area contributed by atoms with Gasteiger partial charge in [0, 0.05) is 18.8 Å². The highest BCUT2D eigenvalue weighted by atomic mass is 19.1. The van der Waals surface area contributed by atoms with Crippen LogP contribution in [-0.4, -0.2) is 25.0 Å². The van der Waals surface area contributed by atoms with Crippen molar-refractivity contribution in [3.63, 3.8) is 0 Å². The molecule has 1 saturated heterocycles. The molecular weight excluding hydrogens is 197 g/mol. The lowest BCUT2D eigenvalue weighted by atomic mass is 10.1. The molecule has 0 spiro atoms. The van der Waals surface area contributed by atoms with Gasteiger partial charge in [0.25, 0.3) is 5.91 Å². The zero-order valence-corrected chi connectivity index (χ0v) is 8.09. The molecular formula is C10H12FN3O. The van der Waals surface area contributed by atoms with Gasteiger partial charge in [0.2, 0.25) is 0 Å². The summed E-state index contributed by atoms with van der Waals surface area (Å²) in [5, 5.41) is 6.21. The largest absolute Gasteiger partial charge is 0.379 e. The lowest BCUT2D eigenvalue weighted by Crippen LogP contribution is -2.51. The van der Waals surface area contributed by atoms with Gasteiger partial charge in [-0.25, -0.2) is 4.39 Å². The van der Waals surface area contributed by atoms with Crippen LogP contribution in [0.1, 0.15) is 10.4 Å². The number of primary amides is 1. The third-order valence-electron chi connectivity index (χ3n) is 2.39. The van der Waals surface area contributed by atoms with E-state index in [4.69, 9.17) is 5.73 Å². The van der Waals surface area contributed by atoms with Gasteiger partial charge in [-0.3, -0.25) is 4.79 Å². The first-order chi connectivity index (χ1) is 7.16. The van der Waals surface area contributed by atoms with Gasteiger partial charge in [-0.15, -0.1) is 0 Å². The standard InChI is InChI=1S/C10H12FN3O/c11-6-1-2-9(8(3-6)10(12)15)14-7-4-13-5-7/h1-3,7,13-14H,4-5H2,(H2,12,15). The van der Waals surface area contributed by atoms with E-state index in [9.17, 15) is 9.18 Å². The molecule has 15 heavy (non-hydrogen) atoms. The smallest absolute Gasteiger partial charge is 0.250 e. The summed E-state index contributed by atoms with van der Waals surface area (Å²) in [6.07, 6.45) is 0. The predicted octanol–water partition coefficient (Wildman–Crippen LogP) is 0.308. The second-order valence-corrected chi connectivity index (χ2v) is 3.55. The van der Waals surface area contributed by atoms with Crippen LogP contribution < -0.4 is 16.4 Å². The molecule has 1 aromatic carbocycles. The molecule has 0 aromatic heterocycles. The SMILES string of the molecule is NC(=O)c1cc(F)ccc1NC1CNC1. The minimum absolute atomic E-state index is 0.196. The molecule has 4 N–H and O–H groups in total. The van der Waals surface area contributed by atoms with Crippen LogP contribution in [-0.2, 0) is 0 Å². The van der Waals surface area contributed by atoms with E-state index in [0.29, 0.717) is 5.69 Å². The van der Waals surface area contributed by atoms with E-state index in [1.807, 2.05) is 0 Å². The van der Waals surface area contributed by atoms with Gasteiger partial charge in [0.1, 0.15) is 5.82 Å². The van der Waals surface area contributed by atoms with E-state index in [0.717, 1.165) is 19.2 Å². The second-order valence-electron chi connectivity index (χ2n) is 3.55. The summed E-state index contributed by atoms with van der Waals surface area (Å²) in [7, 11) is 0. The number of rotatable bonds is 3. The predicted molar refractivity (Wildman–Crippen MR) is 55.2 cm³/mol. The van der Waals surface area contributed by atoms with Gasteiger partial charge in [0.15, 0.2) is 0 Å². The molecule has 1 fully saturated rings. The molecule has 0 bridgehead atoms. The molecule has 2 rings (SSSR count). The minimum atomic E-state index is -0.621. The summed E-state index contributed by atoms with van der Waals surface area (Å²) < 4.78 is 12.9. The molecule has 0 aliphatic carbocycles. The number of nitrogens with one attached hydrogen (secondary N) is 2. The summed E-state index contributed by atoms with van der Waals surface area (Å²) in [6, 6.07) is 4.28. The Labute approximate surface area is 86.7 Å². The van der Waals surface area contributed by atoms with Crippen LogP contribution in [0.4, 0.5) is 10.1 Å². The number of hydrogen-bond donors (Lipinski definition) is 3. The molecule has 0 atom stereocenters. The third kappa shape index (κ3) is 2.07. The van der Waals surface area contributed by atoms with Gasteiger partial charge in [-0.05, 0) is 18.2 Å². The zero-order chi connectivity index (χ0) is 10.8. The van der Waals surface area contributed by atoms with Crippen LogP contribution in [0.3, 0.4) is 0 Å². The molecule has 5 heteroatoms. The van der Waals surface area contributed by atoms with Crippen molar-refractivity contribution >= 4 is 11.6 Å². The number of carbonyl (C=O) groups is 1. The molecule has 0 radical (unpaired) electrons. The quantitative estimate of drug-likeness (QED) is 0.671. The van der Waals surface area contributed by atoms with Crippen molar-refractivity contribution in [1.29, 1.82) is 0 Å². The average molecular weight is 209 g/mol. The molecule has 1 aliphatic heterocycles. The van der Waals surface area contributed by atoms with Crippen molar-refractivity contribution in [2.75, 3.05) is 18.4 Å². The van der Waals surface area contributed by atoms with Gasteiger partial charge in [0.05, 0.1) is 11.6 Å². The first-order valence-corrected chi connectivity index (χ1v) is 4.73. The highest BCUT2D eigenvalue weighted by molar-refractivity contribution is 5.98. The number of carbonyl (C=O) groups excluding carboxylic acids is 1. The Morgan fingerprint density at radius 2 is 2.27 bits per heavy atom. The van der Waals surface area contributed by atoms with Crippen molar-refractivity contribution in [3.8, 4) is 0 Å². The molecule has 4 nitrogen and oxygen atoms in total. The molecule has 80 valence electrons. The number of halogens is 1. The average Bonchev–Trinajstić information content (AvgIpc) is 2.12. The Morgan fingerprint density at radius 1 is 1.53 bits per heavy atom. The highest BCUT2D eigenvalue weighted by Crippen LogP contribution is 2.18. The summed E-state index contributed by atoms with van der Waals surface area (Å²) in [5.74, 6) is -1.08. The summed E-state index contributed by atoms with van der Waals surface area (Å²) >= 11 is 0. The van der Waals surface area contributed by atoms with Crippen molar-refractivity contribution in [2.24, 2.45) is 5.73 Å². The zero-order valence-electron chi connectivity index (χ0n) is 8.09. The summed E-state index contributed by atoms with van der Waals surface area (Å²) in [4.78, 5) is 11.1. The second kappa shape index (κ2) is 3.86. The van der Waals surface area contributed by atoms with Crippen LogP contribution >= 0.6 is 0 Å². The first kappa shape index (κ1) is 9.92. The van der Waals surface area contributed by atoms with Crippen LogP contribution in [0.25, 0.3) is 0 Å². The van der Waals surface area contributed by atoms with Crippen molar-refractivity contribution in [3.05, 3.63) is 29.6 Å². The van der Waals surface area contributed by atoms with Crippen LogP contribution in [0.15, 0.2) is 18.2 Å². The molecule has 1 amide bonds. The van der Waals surface area contributed by atoms with E-state index in [-0.39, 0.29) is 11.6 Å². The van der Waals surface area contributed by atoms with Crippen molar-refractivity contribution in [2.45, 2.75) is 6.04 Å². The maximum Gasteiger partial charge on any atom is 0.250 e. The Bertz CT molecular complexity index is 390. The Hall–Kier alpha value is -1.62. The lowest BCUT2D eigenvalue weighted by molar-refractivity contribution is 0.100. The van der Waals surface area contributed by atoms with E-state index in [1.54, 1.807) is 0 Å². The Kier molecular flexibility index (Phi) is 2.55. The molecule has 0 unspecified atom stereocenters. The Morgan fingerprint density at radius 3 is 2.80 bits per heavy atom. The van der Waals surface area contributed by atoms with E-state index in [1.165, 1.54) is 12.1 Å². The number of amides is 1. The summed E-state index contributed by atoms with van der Waals surface area (Å²) in [5.41, 5.74) is 5.95. The molecule has 1 aromatic rings.